The average molecular weight is 421 g/mol. The monoisotopic (exact) mass is 420 g/mol. The van der Waals surface area contributed by atoms with Crippen molar-refractivity contribution in [3.8, 4) is 0 Å². The van der Waals surface area contributed by atoms with E-state index in [0.717, 1.165) is 11.3 Å². The molecule has 1 atom stereocenters. The molecule has 146 valence electrons. The van der Waals surface area contributed by atoms with E-state index in [4.69, 9.17) is 27.9 Å². The molecule has 0 saturated carbocycles. The largest absolute Gasteiger partial charge is 0.455 e. The molecule has 0 aliphatic carbocycles. The zero-order chi connectivity index (χ0) is 20.3. The fourth-order valence-electron chi connectivity index (χ4n) is 2.94. The number of hydrogen-bond acceptors (Lipinski definition) is 4. The normalized spacial score (nSPS) is 16.2. The molecule has 8 heteroatoms. The van der Waals surface area contributed by atoms with Crippen molar-refractivity contribution in [1.29, 1.82) is 0 Å². The summed E-state index contributed by atoms with van der Waals surface area (Å²) < 4.78 is 5.08. The SMILES string of the molecule is Cc1cccc(N2C[C@@H](C(=O)OCC(=O)Nc3ccc(Cl)cc3Cl)CC2=O)c1. The van der Waals surface area contributed by atoms with Gasteiger partial charge in [0.1, 0.15) is 0 Å². The molecule has 3 rings (SSSR count). The minimum atomic E-state index is -0.611. The number of aryl methyl sites for hydroxylation is 1. The number of hydrogen-bond donors (Lipinski definition) is 1. The first-order valence-corrected chi connectivity index (χ1v) is 9.37. The van der Waals surface area contributed by atoms with E-state index in [9.17, 15) is 14.4 Å². The first-order valence-electron chi connectivity index (χ1n) is 8.62. The Kier molecular flexibility index (Phi) is 6.21. The van der Waals surface area contributed by atoms with Gasteiger partial charge in [0.05, 0.1) is 16.6 Å². The molecule has 2 aromatic rings. The van der Waals surface area contributed by atoms with Crippen molar-refractivity contribution in [2.75, 3.05) is 23.4 Å². The summed E-state index contributed by atoms with van der Waals surface area (Å²) in [5.74, 6) is -1.87. The summed E-state index contributed by atoms with van der Waals surface area (Å²) >= 11 is 11.8. The molecule has 1 aliphatic heterocycles. The van der Waals surface area contributed by atoms with Crippen LogP contribution in [0.1, 0.15) is 12.0 Å². The van der Waals surface area contributed by atoms with Crippen molar-refractivity contribution >= 4 is 52.4 Å². The molecule has 2 aromatic carbocycles. The van der Waals surface area contributed by atoms with Crippen LogP contribution in [0.15, 0.2) is 42.5 Å². The molecule has 0 radical (unpaired) electrons. The van der Waals surface area contributed by atoms with Gasteiger partial charge in [0.2, 0.25) is 5.91 Å². The maximum absolute atomic E-state index is 12.3. The minimum absolute atomic E-state index is 0.0530. The van der Waals surface area contributed by atoms with E-state index >= 15 is 0 Å². The van der Waals surface area contributed by atoms with Crippen LogP contribution in [0.5, 0.6) is 0 Å². The summed E-state index contributed by atoms with van der Waals surface area (Å²) in [4.78, 5) is 38.1. The van der Waals surface area contributed by atoms with E-state index in [0.29, 0.717) is 10.7 Å². The fourth-order valence-corrected chi connectivity index (χ4v) is 3.40. The molecule has 6 nitrogen and oxygen atoms in total. The van der Waals surface area contributed by atoms with E-state index in [2.05, 4.69) is 5.32 Å². The van der Waals surface area contributed by atoms with Gasteiger partial charge in [-0.05, 0) is 42.8 Å². The third-order valence-electron chi connectivity index (χ3n) is 4.32. The van der Waals surface area contributed by atoms with E-state index in [1.807, 2.05) is 31.2 Å². The van der Waals surface area contributed by atoms with Crippen molar-refractivity contribution < 1.29 is 19.1 Å². The second-order valence-electron chi connectivity index (χ2n) is 6.52. The molecule has 0 unspecified atom stereocenters. The Hall–Kier alpha value is -2.57. The summed E-state index contributed by atoms with van der Waals surface area (Å²) in [5.41, 5.74) is 2.14. The number of benzene rings is 2. The third kappa shape index (κ3) is 4.82. The first kappa shape index (κ1) is 20.2. The Morgan fingerprint density at radius 2 is 2.00 bits per heavy atom. The predicted molar refractivity (Wildman–Crippen MR) is 108 cm³/mol. The zero-order valence-electron chi connectivity index (χ0n) is 15.1. The third-order valence-corrected chi connectivity index (χ3v) is 4.87. The Balaban J connectivity index is 1.53. The van der Waals surface area contributed by atoms with Crippen LogP contribution in [0, 0.1) is 12.8 Å². The highest BCUT2D eigenvalue weighted by Crippen LogP contribution is 2.27. The maximum atomic E-state index is 12.3. The highest BCUT2D eigenvalue weighted by atomic mass is 35.5. The van der Waals surface area contributed by atoms with Gasteiger partial charge in [-0.1, -0.05) is 35.3 Å². The highest BCUT2D eigenvalue weighted by Gasteiger charge is 2.36. The molecule has 0 bridgehead atoms. The number of rotatable bonds is 5. The van der Waals surface area contributed by atoms with Crippen LogP contribution in [0.3, 0.4) is 0 Å². The standard InChI is InChI=1S/C20H18Cl2N2O4/c1-12-3-2-4-15(7-12)24-10-13(8-19(24)26)20(27)28-11-18(25)23-17-6-5-14(21)9-16(17)22/h2-7,9,13H,8,10-11H2,1H3,(H,23,25)/t13-/m0/s1. The van der Waals surface area contributed by atoms with Crippen molar-refractivity contribution in [3.63, 3.8) is 0 Å². The van der Waals surface area contributed by atoms with Crippen LogP contribution in [0.2, 0.25) is 10.0 Å². The Morgan fingerprint density at radius 1 is 1.21 bits per heavy atom. The van der Waals surface area contributed by atoms with Gasteiger partial charge in [-0.25, -0.2) is 0 Å². The molecule has 0 aromatic heterocycles. The summed E-state index contributed by atoms with van der Waals surface area (Å²) in [7, 11) is 0. The summed E-state index contributed by atoms with van der Waals surface area (Å²) in [6, 6.07) is 12.1. The Bertz CT molecular complexity index is 932. The lowest BCUT2D eigenvalue weighted by molar-refractivity contribution is -0.151. The lowest BCUT2D eigenvalue weighted by atomic mass is 10.1. The van der Waals surface area contributed by atoms with Gasteiger partial charge in [0.15, 0.2) is 6.61 Å². The summed E-state index contributed by atoms with van der Waals surface area (Å²) in [5, 5.41) is 3.27. The zero-order valence-corrected chi connectivity index (χ0v) is 16.6. The smallest absolute Gasteiger partial charge is 0.311 e. The molecule has 1 heterocycles. The minimum Gasteiger partial charge on any atom is -0.455 e. The van der Waals surface area contributed by atoms with Gasteiger partial charge in [0.25, 0.3) is 5.91 Å². The number of nitrogens with one attached hydrogen (secondary N) is 1. The number of carbonyl (C=O) groups excluding carboxylic acids is 3. The van der Waals surface area contributed by atoms with Crippen LogP contribution in [-0.2, 0) is 19.1 Å². The van der Waals surface area contributed by atoms with Crippen molar-refractivity contribution in [2.24, 2.45) is 5.92 Å². The van der Waals surface area contributed by atoms with Gasteiger partial charge in [-0.15, -0.1) is 0 Å². The molecule has 28 heavy (non-hydrogen) atoms. The molecule has 2 amide bonds. The van der Waals surface area contributed by atoms with Crippen molar-refractivity contribution in [1.82, 2.24) is 0 Å². The lowest BCUT2D eigenvalue weighted by Gasteiger charge is -2.17. The van der Waals surface area contributed by atoms with Crippen LogP contribution in [0.4, 0.5) is 11.4 Å². The maximum Gasteiger partial charge on any atom is 0.311 e. The number of anilines is 2. The van der Waals surface area contributed by atoms with Gasteiger partial charge in [0, 0.05) is 23.7 Å². The molecular formula is C20H18Cl2N2O4. The van der Waals surface area contributed by atoms with E-state index < -0.39 is 24.4 Å². The van der Waals surface area contributed by atoms with Crippen molar-refractivity contribution in [3.05, 3.63) is 58.1 Å². The summed E-state index contributed by atoms with van der Waals surface area (Å²) in [6.07, 6.45) is 0.0530. The van der Waals surface area contributed by atoms with Gasteiger partial charge in [-0.2, -0.15) is 0 Å². The predicted octanol–water partition coefficient (Wildman–Crippen LogP) is 3.84. The Morgan fingerprint density at radius 3 is 2.71 bits per heavy atom. The summed E-state index contributed by atoms with van der Waals surface area (Å²) in [6.45, 7) is 1.69. The molecule has 1 saturated heterocycles. The van der Waals surface area contributed by atoms with Crippen LogP contribution in [0.25, 0.3) is 0 Å². The number of ether oxygens (including phenoxy) is 1. The quantitative estimate of drug-likeness (QED) is 0.745. The fraction of sp³-hybridized carbons (Fsp3) is 0.250. The molecule has 1 aliphatic rings. The molecule has 1 fully saturated rings. The topological polar surface area (TPSA) is 75.7 Å². The van der Waals surface area contributed by atoms with Crippen LogP contribution < -0.4 is 10.2 Å². The average Bonchev–Trinajstić information content (AvgIpc) is 3.04. The van der Waals surface area contributed by atoms with Gasteiger partial charge in [-0.3, -0.25) is 14.4 Å². The second kappa shape index (κ2) is 8.63. The first-order chi connectivity index (χ1) is 13.3. The molecule has 0 spiro atoms. The van der Waals surface area contributed by atoms with E-state index in [1.54, 1.807) is 17.0 Å². The molecular weight excluding hydrogens is 403 g/mol. The number of carbonyl (C=O) groups is 3. The number of halogens is 2. The number of amides is 2. The van der Waals surface area contributed by atoms with Crippen LogP contribution in [-0.4, -0.2) is 30.9 Å². The van der Waals surface area contributed by atoms with Crippen LogP contribution >= 0.6 is 23.2 Å². The highest BCUT2D eigenvalue weighted by molar-refractivity contribution is 6.36. The molecule has 1 N–H and O–H groups in total. The Labute approximate surface area is 172 Å². The van der Waals surface area contributed by atoms with E-state index in [-0.39, 0.29) is 23.9 Å². The lowest BCUT2D eigenvalue weighted by Crippen LogP contribution is -2.28. The van der Waals surface area contributed by atoms with Crippen molar-refractivity contribution in [2.45, 2.75) is 13.3 Å². The second-order valence-corrected chi connectivity index (χ2v) is 7.37. The number of esters is 1. The number of nitrogens with zero attached hydrogens (tertiary/aromatic N) is 1. The van der Waals surface area contributed by atoms with E-state index in [1.165, 1.54) is 6.07 Å². The van der Waals surface area contributed by atoms with Gasteiger partial charge >= 0.3 is 5.97 Å². The van der Waals surface area contributed by atoms with Gasteiger partial charge < -0.3 is 15.0 Å².